The van der Waals surface area contributed by atoms with Gasteiger partial charge in [0.15, 0.2) is 5.58 Å². The molecule has 0 saturated carbocycles. The minimum absolute atomic E-state index is 0.566. The molecule has 0 radical (unpaired) electrons. The summed E-state index contributed by atoms with van der Waals surface area (Å²) in [4.78, 5) is 5.26. The number of hydrogen-bond donors (Lipinski definition) is 0. The SMILES string of the molecule is C=C/C=C\C(=C/C)c1cc(/C(C=C)=C/CC)cc(-c2nc3c(-c4cccc(-c5ccccc5)c4)cc(-c4cccc(-c5ccccc5)c4)cc3o2)c1. The van der Waals surface area contributed by atoms with Crippen LogP contribution in [0.1, 0.15) is 31.4 Å². The molecule has 0 fully saturated rings. The van der Waals surface area contributed by atoms with Crippen molar-refractivity contribution in [3.8, 4) is 56.0 Å². The van der Waals surface area contributed by atoms with Crippen molar-refractivity contribution in [2.75, 3.05) is 0 Å². The second kappa shape index (κ2) is 15.6. The third-order valence-electron chi connectivity index (χ3n) is 9.29. The first-order valence-corrected chi connectivity index (χ1v) is 17.8. The highest BCUT2D eigenvalue weighted by atomic mass is 16.3. The van der Waals surface area contributed by atoms with Gasteiger partial charge in [-0.15, -0.1) is 0 Å². The maximum atomic E-state index is 6.78. The predicted octanol–water partition coefficient (Wildman–Crippen LogP) is 14.3. The number of allylic oxidation sites excluding steroid dienone is 8. The molecule has 1 heterocycles. The standard InChI is InChI=1S/C50H41NO/c1-5-9-19-36(8-4)44-30-43(35(7-3)18-6-2)31-46(32-44)50-51-49-47(42-27-17-25-40(29-42)38-22-14-11-15-23-38)33-45(34-48(49)52-50)41-26-16-24-39(28-41)37-20-12-10-13-21-37/h5,7-34H,1,3,6H2,2,4H3/b19-9-,35-18+,36-8+. The lowest BCUT2D eigenvalue weighted by Gasteiger charge is -2.10. The van der Waals surface area contributed by atoms with Crippen LogP contribution in [-0.2, 0) is 0 Å². The fourth-order valence-corrected chi connectivity index (χ4v) is 6.70. The number of nitrogens with zero attached hydrogens (tertiary/aromatic N) is 1. The van der Waals surface area contributed by atoms with Crippen molar-refractivity contribution in [3.05, 3.63) is 200 Å². The molecule has 6 aromatic carbocycles. The molecule has 0 amide bonds. The van der Waals surface area contributed by atoms with Crippen LogP contribution in [0.5, 0.6) is 0 Å². The van der Waals surface area contributed by atoms with Crippen LogP contribution in [0, 0.1) is 0 Å². The van der Waals surface area contributed by atoms with E-state index in [4.69, 9.17) is 9.40 Å². The molecule has 2 heteroatoms. The van der Waals surface area contributed by atoms with E-state index in [1.54, 1.807) is 6.08 Å². The highest BCUT2D eigenvalue weighted by Gasteiger charge is 2.18. The molecule has 0 N–H and O–H groups in total. The number of hydrogen-bond acceptors (Lipinski definition) is 2. The van der Waals surface area contributed by atoms with Gasteiger partial charge in [-0.1, -0.05) is 154 Å². The van der Waals surface area contributed by atoms with Gasteiger partial charge in [0.25, 0.3) is 0 Å². The van der Waals surface area contributed by atoms with Gasteiger partial charge in [0.05, 0.1) is 0 Å². The molecule has 52 heavy (non-hydrogen) atoms. The van der Waals surface area contributed by atoms with Crippen molar-refractivity contribution in [2.45, 2.75) is 20.3 Å². The molecule has 1 aromatic heterocycles. The van der Waals surface area contributed by atoms with Gasteiger partial charge in [-0.05, 0) is 117 Å². The minimum Gasteiger partial charge on any atom is -0.436 e. The number of fused-ring (bicyclic) bond motifs is 1. The summed E-state index contributed by atoms with van der Waals surface area (Å²) in [5, 5.41) is 0. The zero-order valence-corrected chi connectivity index (χ0v) is 29.7. The van der Waals surface area contributed by atoms with E-state index in [9.17, 15) is 0 Å². The fraction of sp³-hybridized carbons (Fsp3) is 0.0600. The van der Waals surface area contributed by atoms with E-state index in [2.05, 4.69) is 173 Å². The summed E-state index contributed by atoms with van der Waals surface area (Å²) in [7, 11) is 0. The second-order valence-electron chi connectivity index (χ2n) is 12.7. The van der Waals surface area contributed by atoms with Crippen LogP contribution < -0.4 is 0 Å². The van der Waals surface area contributed by atoms with Crippen molar-refractivity contribution in [1.29, 1.82) is 0 Å². The lowest BCUT2D eigenvalue weighted by atomic mass is 9.94. The van der Waals surface area contributed by atoms with Gasteiger partial charge >= 0.3 is 0 Å². The van der Waals surface area contributed by atoms with E-state index in [0.717, 1.165) is 78.7 Å². The average Bonchev–Trinajstić information content (AvgIpc) is 3.65. The van der Waals surface area contributed by atoms with Gasteiger partial charge in [-0.3, -0.25) is 0 Å². The molecule has 0 aliphatic heterocycles. The summed E-state index contributed by atoms with van der Waals surface area (Å²) >= 11 is 0. The van der Waals surface area contributed by atoms with Gasteiger partial charge in [0, 0.05) is 11.1 Å². The first-order chi connectivity index (χ1) is 25.6. The Morgan fingerprint density at radius 2 is 1.17 bits per heavy atom. The summed E-state index contributed by atoms with van der Waals surface area (Å²) in [6.45, 7) is 12.2. The van der Waals surface area contributed by atoms with Crippen LogP contribution in [0.2, 0.25) is 0 Å². The Bertz CT molecular complexity index is 2470. The monoisotopic (exact) mass is 671 g/mol. The molecule has 0 unspecified atom stereocenters. The lowest BCUT2D eigenvalue weighted by Crippen LogP contribution is -1.90. The van der Waals surface area contributed by atoms with Crippen LogP contribution in [0.4, 0.5) is 0 Å². The Morgan fingerprint density at radius 1 is 0.596 bits per heavy atom. The number of rotatable bonds is 11. The predicted molar refractivity (Wildman–Crippen MR) is 223 cm³/mol. The van der Waals surface area contributed by atoms with Crippen LogP contribution in [0.3, 0.4) is 0 Å². The Morgan fingerprint density at radius 3 is 1.77 bits per heavy atom. The molecule has 0 bridgehead atoms. The fourth-order valence-electron chi connectivity index (χ4n) is 6.70. The zero-order valence-electron chi connectivity index (χ0n) is 29.7. The van der Waals surface area contributed by atoms with Gasteiger partial charge < -0.3 is 4.42 Å². The van der Waals surface area contributed by atoms with Gasteiger partial charge in [-0.2, -0.15) is 0 Å². The first kappa shape index (κ1) is 34.0. The largest absolute Gasteiger partial charge is 0.436 e. The van der Waals surface area contributed by atoms with E-state index in [0.29, 0.717) is 5.89 Å². The zero-order chi connectivity index (χ0) is 35.9. The third kappa shape index (κ3) is 7.19. The maximum absolute atomic E-state index is 6.78. The highest BCUT2D eigenvalue weighted by Crippen LogP contribution is 2.39. The quantitative estimate of drug-likeness (QED) is 0.128. The second-order valence-corrected chi connectivity index (χ2v) is 12.7. The molecular weight excluding hydrogens is 631 g/mol. The van der Waals surface area contributed by atoms with Gasteiger partial charge in [-0.25, -0.2) is 4.98 Å². The van der Waals surface area contributed by atoms with Crippen LogP contribution in [0.25, 0.3) is 78.2 Å². The Labute approximate surface area is 307 Å². The summed E-state index contributed by atoms with van der Waals surface area (Å²) in [6, 6.07) is 49.3. The van der Waals surface area contributed by atoms with E-state index in [-0.39, 0.29) is 0 Å². The van der Waals surface area contributed by atoms with E-state index in [1.807, 2.05) is 24.3 Å². The highest BCUT2D eigenvalue weighted by molar-refractivity contribution is 5.97. The summed E-state index contributed by atoms with van der Waals surface area (Å²) < 4.78 is 6.78. The van der Waals surface area contributed by atoms with Crippen LogP contribution >= 0.6 is 0 Å². The minimum atomic E-state index is 0.566. The molecule has 0 spiro atoms. The van der Waals surface area contributed by atoms with Crippen LogP contribution in [-0.4, -0.2) is 4.98 Å². The first-order valence-electron chi connectivity index (χ1n) is 17.8. The topological polar surface area (TPSA) is 26.0 Å². The smallest absolute Gasteiger partial charge is 0.227 e. The van der Waals surface area contributed by atoms with Crippen molar-refractivity contribution in [1.82, 2.24) is 4.98 Å². The summed E-state index contributed by atoms with van der Waals surface area (Å²) in [5.74, 6) is 0.566. The molecular formula is C50H41NO. The van der Waals surface area contributed by atoms with Crippen molar-refractivity contribution in [2.24, 2.45) is 0 Å². The van der Waals surface area contributed by atoms with Gasteiger partial charge in [0.2, 0.25) is 5.89 Å². The van der Waals surface area contributed by atoms with E-state index in [1.165, 1.54) is 11.1 Å². The maximum Gasteiger partial charge on any atom is 0.227 e. The number of aromatic nitrogens is 1. The molecule has 7 aromatic rings. The number of oxazole rings is 1. The Kier molecular flexibility index (Phi) is 10.2. The molecule has 0 aliphatic rings. The molecule has 7 rings (SSSR count). The summed E-state index contributed by atoms with van der Waals surface area (Å²) in [6.07, 6.45) is 13.0. The van der Waals surface area contributed by atoms with E-state index < -0.39 is 0 Å². The summed E-state index contributed by atoms with van der Waals surface area (Å²) in [5.41, 5.74) is 15.7. The lowest BCUT2D eigenvalue weighted by molar-refractivity contribution is 0.620. The molecule has 0 atom stereocenters. The third-order valence-corrected chi connectivity index (χ3v) is 9.29. The molecule has 2 nitrogen and oxygen atoms in total. The Balaban J connectivity index is 1.45. The molecule has 252 valence electrons. The number of benzene rings is 6. The molecule has 0 aliphatic carbocycles. The molecule has 0 saturated heterocycles. The van der Waals surface area contributed by atoms with E-state index >= 15 is 0 Å². The van der Waals surface area contributed by atoms with Crippen LogP contribution in [0.15, 0.2) is 194 Å². The van der Waals surface area contributed by atoms with Gasteiger partial charge in [0.1, 0.15) is 5.52 Å². The Hall–Kier alpha value is -6.51. The van der Waals surface area contributed by atoms with Crippen molar-refractivity contribution >= 4 is 22.2 Å². The van der Waals surface area contributed by atoms with Crippen molar-refractivity contribution < 1.29 is 4.42 Å². The normalized spacial score (nSPS) is 12.0. The average molecular weight is 672 g/mol. The van der Waals surface area contributed by atoms with Crippen molar-refractivity contribution in [3.63, 3.8) is 0 Å².